The topological polar surface area (TPSA) is 37.4 Å². The molecule has 5 heteroatoms. The normalized spacial score (nSPS) is 29.6. The van der Waals surface area contributed by atoms with E-state index in [2.05, 4.69) is 31.1 Å². The summed E-state index contributed by atoms with van der Waals surface area (Å²) in [6.07, 6.45) is 6.09. The Bertz CT molecular complexity index is 534. The van der Waals surface area contributed by atoms with E-state index < -0.39 is 0 Å². The van der Waals surface area contributed by atoms with Gasteiger partial charge in [-0.25, -0.2) is 4.98 Å². The van der Waals surface area contributed by atoms with E-state index in [0.29, 0.717) is 11.3 Å². The summed E-state index contributed by atoms with van der Waals surface area (Å²) in [6, 6.07) is 0. The first-order chi connectivity index (χ1) is 11.4. The molecule has 1 saturated heterocycles. The highest BCUT2D eigenvalue weighted by atomic mass is 32.1. The first kappa shape index (κ1) is 18.3. The molecule has 1 aromatic heterocycles. The first-order valence-electron chi connectivity index (χ1n) is 9.32. The fraction of sp³-hybridized carbons (Fsp3) is 0.842. The lowest BCUT2D eigenvalue weighted by atomic mass is 9.72. The fourth-order valence-corrected chi connectivity index (χ4v) is 5.35. The Hall–Kier alpha value is -0.490. The van der Waals surface area contributed by atoms with Crippen LogP contribution in [0.4, 0.5) is 0 Å². The van der Waals surface area contributed by atoms with Crippen LogP contribution >= 0.6 is 11.3 Å². The SMILES string of the molecule is CNCCN(C)Cc1scnc1[C@H]1CC[C@@]2(CC1)CC(C)(C)CO2. The molecule has 0 amide bonds. The van der Waals surface area contributed by atoms with Crippen molar-refractivity contribution >= 4 is 11.3 Å². The maximum absolute atomic E-state index is 6.27. The Kier molecular flexibility index (Phi) is 5.65. The lowest BCUT2D eigenvalue weighted by molar-refractivity contribution is -0.0296. The summed E-state index contributed by atoms with van der Waals surface area (Å²) >= 11 is 1.82. The molecule has 0 unspecified atom stereocenters. The Morgan fingerprint density at radius 1 is 1.38 bits per heavy atom. The third-order valence-electron chi connectivity index (χ3n) is 5.68. The van der Waals surface area contributed by atoms with Crippen molar-refractivity contribution in [2.75, 3.05) is 33.8 Å². The summed E-state index contributed by atoms with van der Waals surface area (Å²) in [5.74, 6) is 0.627. The Morgan fingerprint density at radius 3 is 2.75 bits per heavy atom. The largest absolute Gasteiger partial charge is 0.374 e. The van der Waals surface area contributed by atoms with E-state index in [9.17, 15) is 0 Å². The van der Waals surface area contributed by atoms with Crippen molar-refractivity contribution < 1.29 is 4.74 Å². The van der Waals surface area contributed by atoms with Gasteiger partial charge in [0, 0.05) is 30.4 Å². The molecule has 0 radical (unpaired) electrons. The van der Waals surface area contributed by atoms with Crippen LogP contribution in [0.3, 0.4) is 0 Å². The summed E-state index contributed by atoms with van der Waals surface area (Å²) < 4.78 is 6.27. The van der Waals surface area contributed by atoms with Crippen molar-refractivity contribution in [2.45, 2.75) is 64.0 Å². The van der Waals surface area contributed by atoms with Crippen LogP contribution in [0.5, 0.6) is 0 Å². The van der Waals surface area contributed by atoms with Crippen LogP contribution in [0.1, 0.15) is 62.4 Å². The molecule has 3 rings (SSSR count). The maximum Gasteiger partial charge on any atom is 0.0798 e. The number of ether oxygens (including phenoxy) is 1. The molecule has 1 aliphatic carbocycles. The zero-order chi connectivity index (χ0) is 17.2. The Labute approximate surface area is 151 Å². The highest BCUT2D eigenvalue weighted by Gasteiger charge is 2.46. The molecule has 24 heavy (non-hydrogen) atoms. The third kappa shape index (κ3) is 4.18. The van der Waals surface area contributed by atoms with Crippen LogP contribution in [0.15, 0.2) is 5.51 Å². The van der Waals surface area contributed by atoms with Crippen LogP contribution in [0, 0.1) is 5.41 Å². The Balaban J connectivity index is 1.58. The second-order valence-electron chi connectivity index (χ2n) is 8.59. The van der Waals surface area contributed by atoms with Gasteiger partial charge in [-0.1, -0.05) is 13.8 Å². The molecule has 0 bridgehead atoms. The molecule has 1 N–H and O–H groups in total. The van der Waals surface area contributed by atoms with Crippen molar-refractivity contribution in [1.29, 1.82) is 0 Å². The quantitative estimate of drug-likeness (QED) is 0.849. The van der Waals surface area contributed by atoms with Crippen LogP contribution in [-0.2, 0) is 11.3 Å². The maximum atomic E-state index is 6.27. The van der Waals surface area contributed by atoms with E-state index in [4.69, 9.17) is 9.72 Å². The van der Waals surface area contributed by atoms with Gasteiger partial charge in [0.25, 0.3) is 0 Å². The van der Waals surface area contributed by atoms with Gasteiger partial charge in [0.05, 0.1) is 23.4 Å². The minimum atomic E-state index is 0.166. The molecule has 136 valence electrons. The van der Waals surface area contributed by atoms with E-state index >= 15 is 0 Å². The van der Waals surface area contributed by atoms with Gasteiger partial charge in [-0.15, -0.1) is 11.3 Å². The lowest BCUT2D eigenvalue weighted by Gasteiger charge is -2.37. The van der Waals surface area contributed by atoms with Gasteiger partial charge in [0.15, 0.2) is 0 Å². The number of nitrogens with one attached hydrogen (secondary N) is 1. The number of thiazole rings is 1. The number of hydrogen-bond donors (Lipinski definition) is 1. The van der Waals surface area contributed by atoms with Gasteiger partial charge in [0.2, 0.25) is 0 Å². The molecule has 1 aromatic rings. The molecule has 0 aromatic carbocycles. The van der Waals surface area contributed by atoms with Crippen molar-refractivity contribution in [3.8, 4) is 0 Å². The number of aromatic nitrogens is 1. The summed E-state index contributed by atoms with van der Waals surface area (Å²) in [7, 11) is 4.21. The molecule has 4 nitrogen and oxygen atoms in total. The average Bonchev–Trinajstić information content (AvgIpc) is 3.11. The lowest BCUT2D eigenvalue weighted by Crippen LogP contribution is -2.34. The predicted molar refractivity (Wildman–Crippen MR) is 101 cm³/mol. The van der Waals surface area contributed by atoms with E-state index in [1.54, 1.807) is 0 Å². The number of hydrogen-bond acceptors (Lipinski definition) is 5. The fourth-order valence-electron chi connectivity index (χ4n) is 4.42. The van der Waals surface area contributed by atoms with Crippen molar-refractivity contribution in [3.05, 3.63) is 16.1 Å². The molecule has 2 fully saturated rings. The van der Waals surface area contributed by atoms with Gasteiger partial charge >= 0.3 is 0 Å². The van der Waals surface area contributed by atoms with Crippen LogP contribution in [0.2, 0.25) is 0 Å². The van der Waals surface area contributed by atoms with Crippen molar-refractivity contribution in [3.63, 3.8) is 0 Å². The predicted octanol–water partition coefficient (Wildman–Crippen LogP) is 3.64. The summed E-state index contributed by atoms with van der Waals surface area (Å²) in [6.45, 7) is 8.73. The van der Waals surface area contributed by atoms with Crippen LogP contribution < -0.4 is 5.32 Å². The second-order valence-corrected chi connectivity index (χ2v) is 9.53. The summed E-state index contributed by atoms with van der Waals surface area (Å²) in [5.41, 5.74) is 3.92. The molecule has 2 aliphatic rings. The smallest absolute Gasteiger partial charge is 0.0798 e. The minimum absolute atomic E-state index is 0.166. The summed E-state index contributed by atoms with van der Waals surface area (Å²) in [4.78, 5) is 8.60. The zero-order valence-electron chi connectivity index (χ0n) is 15.7. The highest BCUT2D eigenvalue weighted by Crippen LogP contribution is 2.50. The number of likely N-dealkylation sites (N-methyl/N-ethyl adjacent to an activating group) is 2. The van der Waals surface area contributed by atoms with Gasteiger partial charge in [-0.2, -0.15) is 0 Å². The van der Waals surface area contributed by atoms with E-state index in [1.807, 2.05) is 23.9 Å². The molecule has 1 spiro atoms. The third-order valence-corrected chi connectivity index (χ3v) is 6.52. The van der Waals surface area contributed by atoms with Crippen molar-refractivity contribution in [1.82, 2.24) is 15.2 Å². The van der Waals surface area contributed by atoms with Gasteiger partial charge in [0.1, 0.15) is 0 Å². The van der Waals surface area contributed by atoms with Crippen molar-refractivity contribution in [2.24, 2.45) is 5.41 Å². The van der Waals surface area contributed by atoms with E-state index in [-0.39, 0.29) is 5.60 Å². The standard InChI is InChI=1S/C19H33N3OS/c1-18(2)12-19(23-13-18)7-5-15(6-8-19)17-16(24-14-21-17)11-22(4)10-9-20-3/h14-15,20H,5-13H2,1-4H3/t15-,19+. The number of nitrogens with zero attached hydrogens (tertiary/aromatic N) is 2. The first-order valence-corrected chi connectivity index (χ1v) is 10.2. The van der Waals surface area contributed by atoms with Gasteiger partial charge in [-0.05, 0) is 51.6 Å². The zero-order valence-corrected chi connectivity index (χ0v) is 16.5. The molecule has 1 saturated carbocycles. The molecular formula is C19H33N3OS. The monoisotopic (exact) mass is 351 g/mol. The van der Waals surface area contributed by atoms with Gasteiger partial charge < -0.3 is 10.1 Å². The molecule has 1 aliphatic heterocycles. The Morgan fingerprint density at radius 2 is 2.12 bits per heavy atom. The minimum Gasteiger partial charge on any atom is -0.374 e. The van der Waals surface area contributed by atoms with E-state index in [0.717, 1.165) is 26.2 Å². The average molecular weight is 352 g/mol. The van der Waals surface area contributed by atoms with Crippen LogP contribution in [-0.4, -0.2) is 49.3 Å². The molecular weight excluding hydrogens is 318 g/mol. The second kappa shape index (κ2) is 7.40. The summed E-state index contributed by atoms with van der Waals surface area (Å²) in [5, 5.41) is 3.22. The molecule has 0 atom stereocenters. The highest BCUT2D eigenvalue weighted by molar-refractivity contribution is 7.09. The molecule has 2 heterocycles. The van der Waals surface area contributed by atoms with E-state index in [1.165, 1.54) is 42.7 Å². The van der Waals surface area contributed by atoms with Gasteiger partial charge in [-0.3, -0.25) is 4.90 Å². The number of rotatable bonds is 6. The van der Waals surface area contributed by atoms with Crippen LogP contribution in [0.25, 0.3) is 0 Å².